The van der Waals surface area contributed by atoms with Crippen molar-refractivity contribution in [2.75, 3.05) is 0 Å². The fourth-order valence-corrected chi connectivity index (χ4v) is 4.11. The summed E-state index contributed by atoms with van der Waals surface area (Å²) in [7, 11) is 0. The predicted molar refractivity (Wildman–Crippen MR) is 101 cm³/mol. The third kappa shape index (κ3) is 5.04. The van der Waals surface area contributed by atoms with E-state index in [2.05, 4.69) is 0 Å². The van der Waals surface area contributed by atoms with E-state index in [-0.39, 0.29) is 24.0 Å². The number of hydrogen-bond acceptors (Lipinski definition) is 4. The van der Waals surface area contributed by atoms with Crippen LogP contribution in [0.1, 0.15) is 44.6 Å². The molecular formula is C22H28F2O4. The van der Waals surface area contributed by atoms with Gasteiger partial charge in [-0.1, -0.05) is 49.8 Å². The van der Waals surface area contributed by atoms with Crippen molar-refractivity contribution in [1.82, 2.24) is 0 Å². The fraction of sp³-hybridized carbons (Fsp3) is 0.591. The fourth-order valence-electron chi connectivity index (χ4n) is 4.11. The van der Waals surface area contributed by atoms with Gasteiger partial charge in [0.25, 0.3) is 0 Å². The largest absolute Gasteiger partial charge is 0.373 e. The Morgan fingerprint density at radius 1 is 1.32 bits per heavy atom. The maximum Gasteiger partial charge on any atom is 0.309 e. The van der Waals surface area contributed by atoms with Crippen LogP contribution in [-0.2, 0) is 20.9 Å². The Morgan fingerprint density at radius 2 is 2.07 bits per heavy atom. The number of aliphatic hydroxyl groups is 1. The lowest BCUT2D eigenvalue weighted by Gasteiger charge is -2.21. The molecule has 6 heteroatoms. The molecule has 1 aromatic carbocycles. The lowest BCUT2D eigenvalue weighted by Crippen LogP contribution is -2.28. The lowest BCUT2D eigenvalue weighted by molar-refractivity contribution is -0.138. The van der Waals surface area contributed by atoms with E-state index in [0.717, 1.165) is 11.6 Å². The summed E-state index contributed by atoms with van der Waals surface area (Å²) in [6.07, 6.45) is 2.78. The van der Waals surface area contributed by atoms with Crippen molar-refractivity contribution in [3.63, 3.8) is 0 Å². The summed E-state index contributed by atoms with van der Waals surface area (Å²) in [6.45, 7) is 2.22. The first-order chi connectivity index (χ1) is 13.4. The molecule has 1 aliphatic heterocycles. The van der Waals surface area contributed by atoms with Crippen LogP contribution in [0, 0.1) is 11.8 Å². The van der Waals surface area contributed by atoms with Crippen molar-refractivity contribution < 1.29 is 28.2 Å². The third-order valence-electron chi connectivity index (χ3n) is 5.65. The van der Waals surface area contributed by atoms with E-state index in [1.807, 2.05) is 37.3 Å². The van der Waals surface area contributed by atoms with Crippen LogP contribution in [0.5, 0.6) is 0 Å². The van der Waals surface area contributed by atoms with E-state index in [0.29, 0.717) is 32.3 Å². The molecule has 2 aliphatic rings. The highest BCUT2D eigenvalue weighted by molar-refractivity contribution is 5.95. The Bertz CT molecular complexity index is 676. The first kappa shape index (κ1) is 21.1. The molecule has 1 saturated carbocycles. The van der Waals surface area contributed by atoms with Gasteiger partial charge in [-0.2, -0.15) is 8.78 Å². The predicted octanol–water partition coefficient (Wildman–Crippen LogP) is 4.27. The zero-order chi connectivity index (χ0) is 20.1. The van der Waals surface area contributed by atoms with Crippen LogP contribution in [0.15, 0.2) is 42.5 Å². The molecule has 1 saturated heterocycles. The lowest BCUT2D eigenvalue weighted by atomic mass is 9.91. The van der Waals surface area contributed by atoms with Crippen LogP contribution < -0.4 is 0 Å². The number of alkyl halides is 2. The van der Waals surface area contributed by atoms with E-state index >= 15 is 0 Å². The molecule has 0 amide bonds. The molecule has 1 aliphatic carbocycles. The number of allylic oxidation sites excluding steroid dienone is 1. The average molecular weight is 394 g/mol. The maximum absolute atomic E-state index is 14.0. The first-order valence-electron chi connectivity index (χ1n) is 10.00. The Kier molecular flexibility index (Phi) is 6.96. The number of fused-ring (bicyclic) bond motifs is 1. The molecule has 0 aromatic heterocycles. The quantitative estimate of drug-likeness (QED) is 0.636. The number of aliphatic hydroxyl groups excluding tert-OH is 1. The molecule has 4 nitrogen and oxygen atoms in total. The second-order valence-electron chi connectivity index (χ2n) is 7.71. The van der Waals surface area contributed by atoms with E-state index in [4.69, 9.17) is 9.47 Å². The van der Waals surface area contributed by atoms with E-state index < -0.39 is 24.4 Å². The monoisotopic (exact) mass is 394 g/mol. The Balaban J connectivity index is 1.67. The van der Waals surface area contributed by atoms with Crippen molar-refractivity contribution in [3.8, 4) is 0 Å². The van der Waals surface area contributed by atoms with Crippen LogP contribution in [0.3, 0.4) is 0 Å². The molecule has 1 N–H and O–H groups in total. The van der Waals surface area contributed by atoms with Crippen molar-refractivity contribution in [1.29, 1.82) is 0 Å². The minimum Gasteiger partial charge on any atom is -0.373 e. The number of ether oxygens (including phenoxy) is 2. The number of halogens is 2. The standard InChI is InChI=1S/C22H28F2O4/c1-2-3-11-22(23,24)20(25)10-9-16-17-12-21(26)28-19(17)13-18(16)27-14-15-7-5-4-6-8-15/h4-10,16-19,21,26H,2-3,11-14H2,1H3/b10-9+/t16-,17-,18-,19+,21?/m1/s1. The number of ketones is 1. The van der Waals surface area contributed by atoms with Gasteiger partial charge < -0.3 is 14.6 Å². The SMILES string of the molecule is CCCCC(F)(F)C(=O)/C=C/[C@@H]1[C@H]2CC(O)O[C@H]2C[C@H]1OCc1ccccc1. The molecule has 0 bridgehead atoms. The zero-order valence-electron chi connectivity index (χ0n) is 16.1. The summed E-state index contributed by atoms with van der Waals surface area (Å²) in [5, 5.41) is 9.78. The number of hydrogen-bond donors (Lipinski definition) is 1. The molecule has 28 heavy (non-hydrogen) atoms. The zero-order valence-corrected chi connectivity index (χ0v) is 16.1. The summed E-state index contributed by atoms with van der Waals surface area (Å²) in [5.74, 6) is -4.78. The van der Waals surface area contributed by atoms with Gasteiger partial charge in [0.05, 0.1) is 18.8 Å². The summed E-state index contributed by atoms with van der Waals surface area (Å²) >= 11 is 0. The van der Waals surface area contributed by atoms with Crippen molar-refractivity contribution in [3.05, 3.63) is 48.0 Å². The van der Waals surface area contributed by atoms with Crippen LogP contribution >= 0.6 is 0 Å². The molecule has 3 rings (SSSR count). The number of benzene rings is 1. The highest BCUT2D eigenvalue weighted by Gasteiger charge is 2.49. The summed E-state index contributed by atoms with van der Waals surface area (Å²) < 4.78 is 39.5. The van der Waals surface area contributed by atoms with Crippen LogP contribution in [-0.4, -0.2) is 35.3 Å². The van der Waals surface area contributed by atoms with E-state index in [9.17, 15) is 18.7 Å². The minimum absolute atomic E-state index is 0.0379. The molecule has 5 atom stereocenters. The number of carbonyl (C=O) groups excluding carboxylic acids is 1. The van der Waals surface area contributed by atoms with E-state index in [1.165, 1.54) is 0 Å². The summed E-state index contributed by atoms with van der Waals surface area (Å²) in [5.41, 5.74) is 1.02. The molecule has 0 radical (unpaired) electrons. The van der Waals surface area contributed by atoms with Crippen molar-refractivity contribution in [2.24, 2.45) is 11.8 Å². The second kappa shape index (κ2) is 9.25. The Morgan fingerprint density at radius 3 is 2.79 bits per heavy atom. The third-order valence-corrected chi connectivity index (χ3v) is 5.65. The van der Waals surface area contributed by atoms with Crippen molar-refractivity contribution in [2.45, 2.75) is 70.1 Å². The molecule has 1 unspecified atom stereocenters. The van der Waals surface area contributed by atoms with Gasteiger partial charge in [-0.3, -0.25) is 4.79 Å². The van der Waals surface area contributed by atoms with Gasteiger partial charge in [-0.05, 0) is 24.0 Å². The topological polar surface area (TPSA) is 55.8 Å². The normalized spacial score (nSPS) is 30.1. The van der Waals surface area contributed by atoms with Gasteiger partial charge in [0, 0.05) is 25.2 Å². The molecule has 2 fully saturated rings. The molecule has 1 heterocycles. The number of unbranched alkanes of at least 4 members (excludes halogenated alkanes) is 1. The Labute approximate surface area is 164 Å². The van der Waals surface area contributed by atoms with Gasteiger partial charge in [-0.15, -0.1) is 0 Å². The minimum atomic E-state index is -3.34. The highest BCUT2D eigenvalue weighted by atomic mass is 19.3. The van der Waals surface area contributed by atoms with Crippen LogP contribution in [0.4, 0.5) is 8.78 Å². The number of carbonyl (C=O) groups is 1. The number of rotatable bonds is 9. The second-order valence-corrected chi connectivity index (χ2v) is 7.71. The van der Waals surface area contributed by atoms with Crippen molar-refractivity contribution >= 4 is 5.78 Å². The first-order valence-corrected chi connectivity index (χ1v) is 10.00. The highest BCUT2D eigenvalue weighted by Crippen LogP contribution is 2.45. The van der Waals surface area contributed by atoms with Gasteiger partial charge >= 0.3 is 5.92 Å². The van der Waals surface area contributed by atoms with Crippen LogP contribution in [0.2, 0.25) is 0 Å². The molecule has 1 aromatic rings. The van der Waals surface area contributed by atoms with Gasteiger partial charge in [0.2, 0.25) is 5.78 Å². The molecule has 0 spiro atoms. The average Bonchev–Trinajstić information content (AvgIpc) is 3.19. The molecule has 154 valence electrons. The smallest absolute Gasteiger partial charge is 0.309 e. The van der Waals surface area contributed by atoms with Gasteiger partial charge in [0.15, 0.2) is 6.29 Å². The van der Waals surface area contributed by atoms with Gasteiger partial charge in [0.1, 0.15) is 0 Å². The summed E-state index contributed by atoms with van der Waals surface area (Å²) in [4.78, 5) is 12.0. The Hall–Kier alpha value is -1.63. The van der Waals surface area contributed by atoms with Gasteiger partial charge in [-0.25, -0.2) is 0 Å². The van der Waals surface area contributed by atoms with E-state index in [1.54, 1.807) is 6.08 Å². The molecular weight excluding hydrogens is 366 g/mol. The summed E-state index contributed by atoms with van der Waals surface area (Å²) in [6, 6.07) is 9.69. The maximum atomic E-state index is 14.0. The van der Waals surface area contributed by atoms with Crippen LogP contribution in [0.25, 0.3) is 0 Å².